The highest BCUT2D eigenvalue weighted by Crippen LogP contribution is 2.29. The first-order valence-electron chi connectivity index (χ1n) is 9.72. The molecule has 0 aliphatic rings. The Labute approximate surface area is 190 Å². The summed E-state index contributed by atoms with van der Waals surface area (Å²) >= 11 is 3.84. The van der Waals surface area contributed by atoms with Crippen LogP contribution in [0.15, 0.2) is 42.5 Å². The van der Waals surface area contributed by atoms with Crippen molar-refractivity contribution in [3.8, 4) is 11.8 Å². The molecule has 0 spiro atoms. The minimum atomic E-state index is -1.07. The van der Waals surface area contributed by atoms with Gasteiger partial charge in [-0.2, -0.15) is 17.9 Å². The van der Waals surface area contributed by atoms with E-state index in [0.29, 0.717) is 11.3 Å². The van der Waals surface area contributed by atoms with E-state index < -0.39 is 35.8 Å². The van der Waals surface area contributed by atoms with Gasteiger partial charge in [-0.15, -0.1) is 0 Å². The average Bonchev–Trinajstić information content (AvgIpc) is 2.79. The van der Waals surface area contributed by atoms with Gasteiger partial charge in [-0.3, -0.25) is 10.1 Å². The number of carbonyl (C=O) groups excluding carboxylic acids is 2. The molecule has 0 radical (unpaired) electrons. The van der Waals surface area contributed by atoms with E-state index >= 15 is 0 Å². The molecule has 2 aromatic rings. The van der Waals surface area contributed by atoms with Crippen LogP contribution in [0.25, 0.3) is 0 Å². The number of halogens is 1. The third-order valence-corrected chi connectivity index (χ3v) is 4.57. The van der Waals surface area contributed by atoms with E-state index in [1.807, 2.05) is 6.07 Å². The molecule has 0 saturated heterocycles. The molecule has 2 atom stereocenters. The number of phenols is 1. The largest absolute Gasteiger partial charge is 0.505 e. The normalized spacial score (nSPS) is 12.3. The fourth-order valence-electron chi connectivity index (χ4n) is 2.82. The first kappa shape index (κ1) is 25.0. The zero-order valence-electron chi connectivity index (χ0n) is 17.3. The predicted molar refractivity (Wildman–Crippen MR) is 117 cm³/mol. The highest BCUT2D eigenvalue weighted by Gasteiger charge is 2.29. The number of nitriles is 1. The summed E-state index contributed by atoms with van der Waals surface area (Å²) in [5, 5.41) is 20.9. The zero-order valence-corrected chi connectivity index (χ0v) is 18.2. The van der Waals surface area contributed by atoms with Crippen molar-refractivity contribution in [1.82, 2.24) is 0 Å². The molecule has 0 fully saturated rings. The van der Waals surface area contributed by atoms with Crippen LogP contribution in [0.5, 0.6) is 5.75 Å². The quantitative estimate of drug-likeness (QED) is 0.361. The van der Waals surface area contributed by atoms with E-state index in [-0.39, 0.29) is 31.0 Å². The highest BCUT2D eigenvalue weighted by molar-refractivity contribution is 7.81. The second-order valence-corrected chi connectivity index (χ2v) is 6.83. The van der Waals surface area contributed by atoms with Crippen molar-refractivity contribution in [1.29, 1.82) is 5.26 Å². The number of nitrogens with one attached hydrogen (secondary N) is 1. The van der Waals surface area contributed by atoms with Crippen molar-refractivity contribution < 1.29 is 33.3 Å². The van der Waals surface area contributed by atoms with Crippen LogP contribution in [-0.2, 0) is 19.0 Å². The van der Waals surface area contributed by atoms with Crippen LogP contribution in [0.2, 0.25) is 0 Å². The lowest BCUT2D eigenvalue weighted by atomic mass is 10.0. The zero-order chi connectivity index (χ0) is 23.5. The molecule has 32 heavy (non-hydrogen) atoms. The average molecular weight is 462 g/mol. The van der Waals surface area contributed by atoms with Crippen molar-refractivity contribution >= 4 is 30.4 Å². The molecule has 2 rings (SSSR count). The van der Waals surface area contributed by atoms with Gasteiger partial charge in [0.25, 0.3) is 0 Å². The van der Waals surface area contributed by atoms with E-state index in [0.717, 1.165) is 12.1 Å². The lowest BCUT2D eigenvalue weighted by Gasteiger charge is -2.27. The Kier molecular flexibility index (Phi) is 9.78. The molecule has 0 bridgehead atoms. The van der Waals surface area contributed by atoms with Crippen LogP contribution in [0.1, 0.15) is 30.6 Å². The van der Waals surface area contributed by atoms with E-state index in [4.69, 9.17) is 19.5 Å². The van der Waals surface area contributed by atoms with Gasteiger partial charge in [-0.25, -0.2) is 9.18 Å². The van der Waals surface area contributed by atoms with Crippen LogP contribution in [0, 0.1) is 17.1 Å². The molecule has 2 aromatic carbocycles. The molecular formula is C22H23FN2O6S. The smallest absolute Gasteiger partial charge is 0.412 e. The standard InChI is InChI=1S/C22H23FN2O6S/c1-2-29-19(9-10-30-20(27)13-32)21(15-5-8-18(26)17(23)11-15)31-22(28)25-16-6-3-14(12-24)4-7-16/h3-8,11,19,21,26,32H,2,9-10,13H2,1H3,(H,25,28)/t19-,21-/m0/s1. The highest BCUT2D eigenvalue weighted by atomic mass is 32.1. The first-order chi connectivity index (χ1) is 15.4. The van der Waals surface area contributed by atoms with Gasteiger partial charge in [0.1, 0.15) is 6.10 Å². The molecule has 0 saturated carbocycles. The van der Waals surface area contributed by atoms with Gasteiger partial charge in [0.15, 0.2) is 17.7 Å². The molecule has 2 N–H and O–H groups in total. The monoisotopic (exact) mass is 462 g/mol. The number of esters is 1. The summed E-state index contributed by atoms with van der Waals surface area (Å²) in [6.07, 6.45) is -2.53. The van der Waals surface area contributed by atoms with E-state index in [9.17, 15) is 19.1 Å². The van der Waals surface area contributed by atoms with Crippen molar-refractivity contribution in [3.05, 3.63) is 59.4 Å². The number of anilines is 1. The molecule has 0 unspecified atom stereocenters. The molecule has 0 heterocycles. The van der Waals surface area contributed by atoms with Crippen molar-refractivity contribution in [2.24, 2.45) is 0 Å². The molecule has 8 nitrogen and oxygen atoms in total. The summed E-state index contributed by atoms with van der Waals surface area (Å²) in [6, 6.07) is 11.7. The third kappa shape index (κ3) is 7.44. The van der Waals surface area contributed by atoms with Gasteiger partial charge in [0.2, 0.25) is 0 Å². The Morgan fingerprint density at radius 1 is 1.25 bits per heavy atom. The van der Waals surface area contributed by atoms with Crippen LogP contribution >= 0.6 is 12.6 Å². The summed E-state index contributed by atoms with van der Waals surface area (Å²) in [7, 11) is 0. The minimum absolute atomic E-state index is 0.0261. The molecule has 10 heteroatoms. The van der Waals surface area contributed by atoms with Gasteiger partial charge in [0.05, 0.1) is 24.0 Å². The lowest BCUT2D eigenvalue weighted by molar-refractivity contribution is -0.142. The number of thiol groups is 1. The second kappa shape index (κ2) is 12.5. The fourth-order valence-corrected chi connectivity index (χ4v) is 2.91. The van der Waals surface area contributed by atoms with Crippen LogP contribution in [0.4, 0.5) is 14.9 Å². The molecule has 0 aromatic heterocycles. The predicted octanol–water partition coefficient (Wildman–Crippen LogP) is 3.96. The van der Waals surface area contributed by atoms with Gasteiger partial charge in [-0.1, -0.05) is 6.07 Å². The molecule has 0 aliphatic heterocycles. The number of phenolic OH excluding ortho intramolecular Hbond substituents is 1. The molecular weight excluding hydrogens is 439 g/mol. The Bertz CT molecular complexity index is 964. The molecule has 170 valence electrons. The van der Waals surface area contributed by atoms with Crippen LogP contribution in [0.3, 0.4) is 0 Å². The van der Waals surface area contributed by atoms with E-state index in [1.54, 1.807) is 6.92 Å². The summed E-state index contributed by atoms with van der Waals surface area (Å²) in [5.74, 6) is -2.05. The van der Waals surface area contributed by atoms with Crippen LogP contribution in [-0.4, -0.2) is 42.2 Å². The Morgan fingerprint density at radius 3 is 2.56 bits per heavy atom. The lowest BCUT2D eigenvalue weighted by Crippen LogP contribution is -2.30. The number of hydrogen-bond acceptors (Lipinski definition) is 8. The SMILES string of the molecule is CCO[C@@H](CCOC(=O)CS)[C@@H](OC(=O)Nc1ccc(C#N)cc1)c1ccc(O)c(F)c1. The van der Waals surface area contributed by atoms with Crippen LogP contribution < -0.4 is 5.32 Å². The maximum atomic E-state index is 14.0. The number of hydrogen-bond donors (Lipinski definition) is 3. The summed E-state index contributed by atoms with van der Waals surface area (Å²) in [6.45, 7) is 1.96. The number of carbonyl (C=O) groups is 2. The van der Waals surface area contributed by atoms with Crippen molar-refractivity contribution in [2.75, 3.05) is 24.3 Å². The summed E-state index contributed by atoms with van der Waals surface area (Å²) in [4.78, 5) is 23.9. The van der Waals surface area contributed by atoms with Gasteiger partial charge < -0.3 is 19.3 Å². The van der Waals surface area contributed by atoms with E-state index in [2.05, 4.69) is 17.9 Å². The van der Waals surface area contributed by atoms with Gasteiger partial charge in [0, 0.05) is 18.7 Å². The third-order valence-electron chi connectivity index (χ3n) is 4.31. The minimum Gasteiger partial charge on any atom is -0.505 e. The van der Waals surface area contributed by atoms with Gasteiger partial charge in [-0.05, 0) is 48.9 Å². The van der Waals surface area contributed by atoms with Crippen molar-refractivity contribution in [3.63, 3.8) is 0 Å². The Hall–Kier alpha value is -3.29. The second-order valence-electron chi connectivity index (χ2n) is 6.51. The summed E-state index contributed by atoms with van der Waals surface area (Å²) < 4.78 is 30.3. The number of ether oxygens (including phenoxy) is 3. The topological polar surface area (TPSA) is 118 Å². The van der Waals surface area contributed by atoms with Gasteiger partial charge >= 0.3 is 12.1 Å². The molecule has 0 aliphatic carbocycles. The maximum Gasteiger partial charge on any atom is 0.412 e. The Morgan fingerprint density at radius 2 is 1.97 bits per heavy atom. The van der Waals surface area contributed by atoms with E-state index in [1.165, 1.54) is 30.3 Å². The fraction of sp³-hybridized carbons (Fsp3) is 0.318. The maximum absolute atomic E-state index is 14.0. The first-order valence-corrected chi connectivity index (χ1v) is 10.4. The number of amides is 1. The summed E-state index contributed by atoms with van der Waals surface area (Å²) in [5.41, 5.74) is 1.06. The van der Waals surface area contributed by atoms with Crippen molar-refractivity contribution in [2.45, 2.75) is 25.6 Å². The number of rotatable bonds is 10. The number of benzene rings is 2. The number of aromatic hydroxyl groups is 1. The Balaban J connectivity index is 2.22. The number of nitrogens with zero attached hydrogens (tertiary/aromatic N) is 1. The molecule has 1 amide bonds.